The zero-order chi connectivity index (χ0) is 8.97. The highest BCUT2D eigenvalue weighted by atomic mass is 16.5. The van der Waals surface area contributed by atoms with Crippen LogP contribution in [-0.4, -0.2) is 13.1 Å². The van der Waals surface area contributed by atoms with Crippen molar-refractivity contribution in [3.8, 4) is 0 Å². The van der Waals surface area contributed by atoms with Crippen LogP contribution in [-0.2, 0) is 9.53 Å². The van der Waals surface area contributed by atoms with Crippen molar-refractivity contribution in [2.24, 2.45) is 11.8 Å². The van der Waals surface area contributed by atoms with Gasteiger partial charge in [0, 0.05) is 6.42 Å². The summed E-state index contributed by atoms with van der Waals surface area (Å²) in [7, 11) is 1.44. The summed E-state index contributed by atoms with van der Waals surface area (Å²) in [5.74, 6) is 1.03. The van der Waals surface area contributed by atoms with Gasteiger partial charge in [-0.15, -0.1) is 0 Å². The lowest BCUT2D eigenvalue weighted by Gasteiger charge is -2.07. The molecule has 0 N–H and O–H groups in total. The smallest absolute Gasteiger partial charge is 0.305 e. The Labute approximate surface area is 74.3 Å². The Morgan fingerprint density at radius 2 is 2.50 bits per heavy atom. The van der Waals surface area contributed by atoms with Crippen molar-refractivity contribution in [3.63, 3.8) is 0 Å². The second-order valence-electron chi connectivity index (χ2n) is 3.40. The molecule has 0 aromatic rings. The number of hydrogen-bond donors (Lipinski definition) is 0. The Bertz CT molecular complexity index is 154. The van der Waals surface area contributed by atoms with E-state index in [1.807, 2.05) is 0 Å². The van der Waals surface area contributed by atoms with E-state index in [1.54, 1.807) is 0 Å². The van der Waals surface area contributed by atoms with Crippen LogP contribution >= 0.6 is 0 Å². The van der Waals surface area contributed by atoms with Crippen molar-refractivity contribution in [3.05, 3.63) is 13.3 Å². The SMILES string of the molecule is [CH2]CC1C[CH]C(CC(=O)OC)C1. The number of esters is 1. The third-order valence-electron chi connectivity index (χ3n) is 2.50. The van der Waals surface area contributed by atoms with E-state index in [-0.39, 0.29) is 5.97 Å². The van der Waals surface area contributed by atoms with Gasteiger partial charge in [0.2, 0.25) is 0 Å². The van der Waals surface area contributed by atoms with Crippen molar-refractivity contribution in [2.75, 3.05) is 7.11 Å². The van der Waals surface area contributed by atoms with Crippen LogP contribution in [0.25, 0.3) is 0 Å². The molecule has 1 aliphatic rings. The Kier molecular flexibility index (Phi) is 3.57. The lowest BCUT2D eigenvalue weighted by atomic mass is 10.0. The molecule has 1 rings (SSSR count). The number of ether oxygens (including phenoxy) is 1. The van der Waals surface area contributed by atoms with E-state index in [9.17, 15) is 4.79 Å². The van der Waals surface area contributed by atoms with Crippen LogP contribution < -0.4 is 0 Å². The molecule has 0 saturated heterocycles. The minimum atomic E-state index is -0.0963. The summed E-state index contributed by atoms with van der Waals surface area (Å²) in [5, 5.41) is 0. The lowest BCUT2D eigenvalue weighted by molar-refractivity contribution is -0.141. The van der Waals surface area contributed by atoms with Crippen molar-refractivity contribution in [1.29, 1.82) is 0 Å². The van der Waals surface area contributed by atoms with E-state index in [0.717, 1.165) is 19.3 Å². The number of hydrogen-bond acceptors (Lipinski definition) is 2. The average molecular weight is 168 g/mol. The summed E-state index contributed by atoms with van der Waals surface area (Å²) < 4.78 is 4.61. The first kappa shape index (κ1) is 9.56. The Morgan fingerprint density at radius 3 is 3.00 bits per heavy atom. The van der Waals surface area contributed by atoms with Gasteiger partial charge in [-0.25, -0.2) is 0 Å². The first-order valence-electron chi connectivity index (χ1n) is 4.45. The largest absolute Gasteiger partial charge is 0.469 e. The fourth-order valence-corrected chi connectivity index (χ4v) is 1.71. The first-order valence-corrected chi connectivity index (χ1v) is 4.45. The fraction of sp³-hybridized carbons (Fsp3) is 0.700. The molecule has 2 radical (unpaired) electrons. The van der Waals surface area contributed by atoms with Gasteiger partial charge in [-0.3, -0.25) is 4.79 Å². The third kappa shape index (κ3) is 2.50. The molecule has 0 aromatic carbocycles. The Balaban J connectivity index is 2.23. The van der Waals surface area contributed by atoms with Crippen LogP contribution in [0.1, 0.15) is 25.7 Å². The highest BCUT2D eigenvalue weighted by Crippen LogP contribution is 2.33. The summed E-state index contributed by atoms with van der Waals surface area (Å²) in [6.07, 6.45) is 5.98. The molecule has 0 aromatic heterocycles. The molecule has 1 aliphatic carbocycles. The molecule has 12 heavy (non-hydrogen) atoms. The quantitative estimate of drug-likeness (QED) is 0.602. The van der Waals surface area contributed by atoms with E-state index in [2.05, 4.69) is 18.1 Å². The zero-order valence-electron chi connectivity index (χ0n) is 7.58. The van der Waals surface area contributed by atoms with E-state index >= 15 is 0 Å². The molecule has 1 saturated carbocycles. The maximum Gasteiger partial charge on any atom is 0.305 e. The average Bonchev–Trinajstić information content (AvgIpc) is 2.52. The zero-order valence-corrected chi connectivity index (χ0v) is 7.58. The summed E-state index contributed by atoms with van der Waals surface area (Å²) in [5.41, 5.74) is 0. The van der Waals surface area contributed by atoms with Gasteiger partial charge in [0.1, 0.15) is 0 Å². The van der Waals surface area contributed by atoms with Gasteiger partial charge in [-0.1, -0.05) is 13.3 Å². The monoisotopic (exact) mass is 168 g/mol. The van der Waals surface area contributed by atoms with Crippen molar-refractivity contribution >= 4 is 5.97 Å². The molecule has 1 fully saturated rings. The molecule has 2 nitrogen and oxygen atoms in total. The highest BCUT2D eigenvalue weighted by molar-refractivity contribution is 5.69. The maximum absolute atomic E-state index is 10.9. The fourth-order valence-electron chi connectivity index (χ4n) is 1.71. The van der Waals surface area contributed by atoms with Crippen LogP contribution in [0.3, 0.4) is 0 Å². The van der Waals surface area contributed by atoms with Gasteiger partial charge in [-0.2, -0.15) is 0 Å². The van der Waals surface area contributed by atoms with E-state index in [1.165, 1.54) is 7.11 Å². The predicted octanol–water partition coefficient (Wildman–Crippen LogP) is 2.00. The first-order chi connectivity index (χ1) is 5.76. The molecule has 0 bridgehead atoms. The second kappa shape index (κ2) is 4.48. The van der Waals surface area contributed by atoms with Gasteiger partial charge in [0.25, 0.3) is 0 Å². The van der Waals surface area contributed by atoms with Gasteiger partial charge >= 0.3 is 5.97 Å². The van der Waals surface area contributed by atoms with Crippen LogP contribution in [0, 0.1) is 25.2 Å². The number of rotatable bonds is 3. The number of methoxy groups -OCH3 is 1. The summed E-state index contributed by atoms with van der Waals surface area (Å²) in [6, 6.07) is 0. The van der Waals surface area contributed by atoms with E-state index in [4.69, 9.17) is 0 Å². The molecule has 2 heteroatoms. The van der Waals surface area contributed by atoms with Crippen molar-refractivity contribution in [2.45, 2.75) is 25.7 Å². The predicted molar refractivity (Wildman–Crippen MR) is 47.1 cm³/mol. The third-order valence-corrected chi connectivity index (χ3v) is 2.50. The highest BCUT2D eigenvalue weighted by Gasteiger charge is 2.25. The van der Waals surface area contributed by atoms with Crippen molar-refractivity contribution in [1.82, 2.24) is 0 Å². The molecule has 0 amide bonds. The van der Waals surface area contributed by atoms with Crippen LogP contribution in [0.5, 0.6) is 0 Å². The standard InChI is InChI=1S/C10H16O2/c1-3-8-4-5-9(6-8)7-10(11)12-2/h5,8-9H,1,3-4,6-7H2,2H3. The molecule has 0 aliphatic heterocycles. The molecule has 68 valence electrons. The Morgan fingerprint density at radius 1 is 1.75 bits per heavy atom. The summed E-state index contributed by atoms with van der Waals surface area (Å²) in [6.45, 7) is 3.87. The van der Waals surface area contributed by atoms with Gasteiger partial charge in [0.15, 0.2) is 0 Å². The van der Waals surface area contributed by atoms with Crippen LogP contribution in [0.15, 0.2) is 0 Å². The summed E-state index contributed by atoms with van der Waals surface area (Å²) >= 11 is 0. The van der Waals surface area contributed by atoms with Gasteiger partial charge in [-0.05, 0) is 31.1 Å². The normalized spacial score (nSPS) is 28.8. The van der Waals surface area contributed by atoms with Gasteiger partial charge < -0.3 is 4.74 Å². The second-order valence-corrected chi connectivity index (χ2v) is 3.40. The Hall–Kier alpha value is -0.530. The molecule has 0 spiro atoms. The lowest BCUT2D eigenvalue weighted by Crippen LogP contribution is -2.07. The number of carbonyl (C=O) groups excluding carboxylic acids is 1. The topological polar surface area (TPSA) is 26.3 Å². The molecular weight excluding hydrogens is 152 g/mol. The van der Waals surface area contributed by atoms with Crippen molar-refractivity contribution < 1.29 is 9.53 Å². The maximum atomic E-state index is 10.9. The summed E-state index contributed by atoms with van der Waals surface area (Å²) in [4.78, 5) is 10.9. The minimum Gasteiger partial charge on any atom is -0.469 e. The van der Waals surface area contributed by atoms with E-state index < -0.39 is 0 Å². The molecule has 2 atom stereocenters. The minimum absolute atomic E-state index is 0.0963. The van der Waals surface area contributed by atoms with Crippen LogP contribution in [0.4, 0.5) is 0 Å². The van der Waals surface area contributed by atoms with Gasteiger partial charge in [0.05, 0.1) is 7.11 Å². The number of carbonyl (C=O) groups is 1. The molecular formula is C10H16O2. The molecule has 2 unspecified atom stereocenters. The van der Waals surface area contributed by atoms with Crippen LogP contribution in [0.2, 0.25) is 0 Å². The van der Waals surface area contributed by atoms with E-state index in [0.29, 0.717) is 18.3 Å². The molecule has 0 heterocycles.